The molecule has 148 valence electrons. The van der Waals surface area contributed by atoms with E-state index < -0.39 is 17.1 Å². The number of benzene rings is 2. The highest BCUT2D eigenvalue weighted by Crippen LogP contribution is 2.45. The van der Waals surface area contributed by atoms with E-state index in [1.807, 2.05) is 37.3 Å². The Kier molecular flexibility index (Phi) is 5.08. The molecule has 4 rings (SSSR count). The van der Waals surface area contributed by atoms with Gasteiger partial charge >= 0.3 is 6.18 Å². The molecule has 1 aliphatic heterocycles. The molecule has 1 aliphatic rings. The molecule has 2 aromatic carbocycles. The van der Waals surface area contributed by atoms with Gasteiger partial charge in [0.05, 0.1) is 11.3 Å². The summed E-state index contributed by atoms with van der Waals surface area (Å²) < 4.78 is 39.5. The average Bonchev–Trinajstić information content (AvgIpc) is 3.09. The number of anilines is 1. The summed E-state index contributed by atoms with van der Waals surface area (Å²) in [4.78, 5) is 18.3. The SMILES string of the molecule is Cc1ccc(-c2ccncc2C2SCC(=O)N2c2cccc(C(F)(F)F)c2)cc1. The highest BCUT2D eigenvalue weighted by atomic mass is 32.2. The van der Waals surface area contributed by atoms with Gasteiger partial charge < -0.3 is 0 Å². The number of hydrogen-bond donors (Lipinski definition) is 0. The van der Waals surface area contributed by atoms with Crippen LogP contribution in [0, 0.1) is 6.92 Å². The molecule has 1 amide bonds. The van der Waals surface area contributed by atoms with Crippen molar-refractivity contribution in [2.75, 3.05) is 10.7 Å². The Morgan fingerprint density at radius 1 is 1.10 bits per heavy atom. The fourth-order valence-corrected chi connectivity index (χ4v) is 4.56. The summed E-state index contributed by atoms with van der Waals surface area (Å²) in [6, 6.07) is 14.7. The Morgan fingerprint density at radius 3 is 2.59 bits per heavy atom. The standard InChI is InChI=1S/C22H17F3N2OS/c1-14-5-7-15(8-6-14)18-9-10-26-12-19(18)21-27(20(28)13-29-21)17-4-2-3-16(11-17)22(23,24)25/h2-12,21H,13H2,1H3. The van der Waals surface area contributed by atoms with Gasteiger partial charge in [-0.1, -0.05) is 35.9 Å². The molecule has 1 atom stereocenters. The van der Waals surface area contributed by atoms with Crippen LogP contribution in [0.25, 0.3) is 11.1 Å². The van der Waals surface area contributed by atoms with Crippen LogP contribution in [0.15, 0.2) is 67.0 Å². The van der Waals surface area contributed by atoms with E-state index in [1.165, 1.54) is 28.8 Å². The second-order valence-electron chi connectivity index (χ2n) is 6.80. The summed E-state index contributed by atoms with van der Waals surface area (Å²) in [5.41, 5.74) is 3.26. The van der Waals surface area contributed by atoms with Crippen LogP contribution in [0.5, 0.6) is 0 Å². The maximum Gasteiger partial charge on any atom is 0.416 e. The lowest BCUT2D eigenvalue weighted by atomic mass is 10.00. The van der Waals surface area contributed by atoms with Crippen LogP contribution in [0.2, 0.25) is 0 Å². The van der Waals surface area contributed by atoms with Crippen molar-refractivity contribution in [3.8, 4) is 11.1 Å². The number of halogens is 3. The van der Waals surface area contributed by atoms with Gasteiger partial charge in [-0.15, -0.1) is 11.8 Å². The summed E-state index contributed by atoms with van der Waals surface area (Å²) in [5, 5.41) is -0.448. The highest BCUT2D eigenvalue weighted by Gasteiger charge is 2.37. The quantitative estimate of drug-likeness (QED) is 0.539. The van der Waals surface area contributed by atoms with Crippen molar-refractivity contribution in [3.05, 3.63) is 83.7 Å². The van der Waals surface area contributed by atoms with Crippen LogP contribution in [-0.4, -0.2) is 16.6 Å². The minimum absolute atomic E-state index is 0.198. The van der Waals surface area contributed by atoms with Crippen LogP contribution < -0.4 is 4.90 Å². The Balaban J connectivity index is 1.78. The molecular weight excluding hydrogens is 397 g/mol. The monoisotopic (exact) mass is 414 g/mol. The minimum atomic E-state index is -4.47. The van der Waals surface area contributed by atoms with Gasteiger partial charge in [-0.2, -0.15) is 13.2 Å². The van der Waals surface area contributed by atoms with Crippen LogP contribution in [-0.2, 0) is 11.0 Å². The number of amides is 1. The third-order valence-electron chi connectivity index (χ3n) is 4.80. The van der Waals surface area contributed by atoms with E-state index >= 15 is 0 Å². The van der Waals surface area contributed by atoms with E-state index in [9.17, 15) is 18.0 Å². The van der Waals surface area contributed by atoms with Crippen LogP contribution in [0.4, 0.5) is 18.9 Å². The van der Waals surface area contributed by atoms with Gasteiger partial charge in [0.15, 0.2) is 0 Å². The Morgan fingerprint density at radius 2 is 1.86 bits per heavy atom. The fourth-order valence-electron chi connectivity index (χ4n) is 3.36. The largest absolute Gasteiger partial charge is 0.416 e. The molecule has 0 bridgehead atoms. The fraction of sp³-hybridized carbons (Fsp3) is 0.182. The van der Waals surface area contributed by atoms with Crippen molar-refractivity contribution < 1.29 is 18.0 Å². The molecule has 1 unspecified atom stereocenters. The summed E-state index contributed by atoms with van der Waals surface area (Å²) in [7, 11) is 0. The number of alkyl halides is 3. The second-order valence-corrected chi connectivity index (χ2v) is 7.87. The van der Waals surface area contributed by atoms with E-state index in [0.717, 1.165) is 34.4 Å². The highest BCUT2D eigenvalue weighted by molar-refractivity contribution is 8.00. The number of carbonyl (C=O) groups excluding carboxylic acids is 1. The van der Waals surface area contributed by atoms with Gasteiger partial charge in [-0.25, -0.2) is 0 Å². The molecule has 29 heavy (non-hydrogen) atoms. The third-order valence-corrected chi connectivity index (χ3v) is 5.99. The number of carbonyl (C=O) groups is 1. The van der Waals surface area contributed by atoms with Crippen molar-refractivity contribution in [1.82, 2.24) is 4.98 Å². The number of hydrogen-bond acceptors (Lipinski definition) is 3. The van der Waals surface area contributed by atoms with E-state index in [2.05, 4.69) is 4.98 Å². The molecule has 7 heteroatoms. The number of pyridine rings is 1. The van der Waals surface area contributed by atoms with Gasteiger partial charge in [0, 0.05) is 23.6 Å². The average molecular weight is 414 g/mol. The molecule has 0 saturated carbocycles. The summed E-state index contributed by atoms with van der Waals surface area (Å²) in [6.07, 6.45) is -1.11. The molecule has 0 N–H and O–H groups in total. The molecular formula is C22H17F3N2OS. The van der Waals surface area contributed by atoms with Gasteiger partial charge in [0.1, 0.15) is 5.37 Å². The zero-order chi connectivity index (χ0) is 20.6. The van der Waals surface area contributed by atoms with Gasteiger partial charge in [0.25, 0.3) is 0 Å². The van der Waals surface area contributed by atoms with E-state index in [1.54, 1.807) is 12.4 Å². The lowest BCUT2D eigenvalue weighted by molar-refractivity contribution is -0.137. The Hall–Kier alpha value is -2.80. The number of aromatic nitrogens is 1. The maximum absolute atomic E-state index is 13.2. The first kappa shape index (κ1) is 19.5. The first-order valence-corrected chi connectivity index (χ1v) is 10.0. The molecule has 3 nitrogen and oxygen atoms in total. The maximum atomic E-state index is 13.2. The predicted molar refractivity (Wildman–Crippen MR) is 109 cm³/mol. The topological polar surface area (TPSA) is 33.2 Å². The van der Waals surface area contributed by atoms with Crippen molar-refractivity contribution in [2.24, 2.45) is 0 Å². The summed E-state index contributed by atoms with van der Waals surface area (Å²) in [6.45, 7) is 2.00. The number of rotatable bonds is 3. The molecule has 3 aromatic rings. The lowest BCUT2D eigenvalue weighted by Crippen LogP contribution is -2.28. The molecule has 0 aliphatic carbocycles. The van der Waals surface area contributed by atoms with Crippen molar-refractivity contribution in [2.45, 2.75) is 18.5 Å². The third kappa shape index (κ3) is 3.87. The van der Waals surface area contributed by atoms with Crippen molar-refractivity contribution in [1.29, 1.82) is 0 Å². The smallest absolute Gasteiger partial charge is 0.295 e. The summed E-state index contributed by atoms with van der Waals surface area (Å²) in [5.74, 6) is -0.0265. The van der Waals surface area contributed by atoms with Gasteiger partial charge in [-0.3, -0.25) is 14.7 Å². The van der Waals surface area contributed by atoms with Crippen LogP contribution in [0.1, 0.15) is 22.1 Å². The van der Waals surface area contributed by atoms with Crippen LogP contribution >= 0.6 is 11.8 Å². The summed E-state index contributed by atoms with van der Waals surface area (Å²) >= 11 is 1.39. The first-order valence-electron chi connectivity index (χ1n) is 8.96. The first-order chi connectivity index (χ1) is 13.8. The minimum Gasteiger partial charge on any atom is -0.295 e. The lowest BCUT2D eigenvalue weighted by Gasteiger charge is -2.26. The second kappa shape index (κ2) is 7.55. The Bertz CT molecular complexity index is 1050. The number of nitrogens with zero attached hydrogens (tertiary/aromatic N) is 2. The number of thioether (sulfide) groups is 1. The van der Waals surface area contributed by atoms with Crippen LogP contribution in [0.3, 0.4) is 0 Å². The van der Waals surface area contributed by atoms with E-state index in [-0.39, 0.29) is 17.3 Å². The normalized spacial score (nSPS) is 17.0. The van der Waals surface area contributed by atoms with E-state index in [0.29, 0.717) is 0 Å². The molecule has 2 heterocycles. The number of aryl methyl sites for hydroxylation is 1. The molecule has 1 saturated heterocycles. The molecule has 0 spiro atoms. The van der Waals surface area contributed by atoms with Gasteiger partial charge in [0.2, 0.25) is 5.91 Å². The van der Waals surface area contributed by atoms with Gasteiger partial charge in [-0.05, 0) is 42.3 Å². The zero-order valence-electron chi connectivity index (χ0n) is 15.5. The van der Waals surface area contributed by atoms with Crippen molar-refractivity contribution in [3.63, 3.8) is 0 Å². The zero-order valence-corrected chi connectivity index (χ0v) is 16.3. The predicted octanol–water partition coefficient (Wildman–Crippen LogP) is 5.85. The van der Waals surface area contributed by atoms with E-state index in [4.69, 9.17) is 0 Å². The molecule has 1 aromatic heterocycles. The van der Waals surface area contributed by atoms with Crippen molar-refractivity contribution >= 4 is 23.4 Å². The molecule has 1 fully saturated rings. The molecule has 0 radical (unpaired) electrons. The Labute approximate surface area is 170 Å².